The van der Waals surface area contributed by atoms with Gasteiger partial charge in [0.15, 0.2) is 0 Å². The number of fused-ring (bicyclic) bond motifs is 2. The summed E-state index contributed by atoms with van der Waals surface area (Å²) < 4.78 is 0. The number of hydrogen-bond donors (Lipinski definition) is 3. The second kappa shape index (κ2) is 7.99. The summed E-state index contributed by atoms with van der Waals surface area (Å²) in [5.41, 5.74) is 2.11. The fraction of sp³-hybridized carbons (Fsp3) is 0.556. The number of aryl methyl sites for hydroxylation is 1. The minimum absolute atomic E-state index is 0. The van der Waals surface area contributed by atoms with Gasteiger partial charge in [0.05, 0.1) is 11.3 Å². The zero-order valence-corrected chi connectivity index (χ0v) is 15.0. The van der Waals surface area contributed by atoms with Gasteiger partial charge in [-0.15, -0.1) is 12.4 Å². The van der Waals surface area contributed by atoms with Gasteiger partial charge in [-0.2, -0.15) is 0 Å². The molecule has 2 fully saturated rings. The van der Waals surface area contributed by atoms with Crippen molar-refractivity contribution in [3.05, 3.63) is 29.3 Å². The van der Waals surface area contributed by atoms with E-state index in [0.717, 1.165) is 18.4 Å². The number of amides is 2. The van der Waals surface area contributed by atoms with Crippen LogP contribution in [0.2, 0.25) is 0 Å². The normalized spacial score (nSPS) is 24.8. The van der Waals surface area contributed by atoms with Crippen LogP contribution in [0.4, 0.5) is 5.69 Å². The lowest BCUT2D eigenvalue weighted by atomic mass is 9.89. The van der Waals surface area contributed by atoms with Crippen LogP contribution in [0.3, 0.4) is 0 Å². The molecule has 2 amide bonds. The highest BCUT2D eigenvalue weighted by Crippen LogP contribution is 2.33. The van der Waals surface area contributed by atoms with E-state index in [-0.39, 0.29) is 24.2 Å². The Kier molecular flexibility index (Phi) is 6.24. The maximum atomic E-state index is 12.4. The quantitative estimate of drug-likeness (QED) is 0.781. The van der Waals surface area contributed by atoms with Gasteiger partial charge in [0.25, 0.3) is 5.91 Å². The molecule has 0 aromatic heterocycles. The van der Waals surface area contributed by atoms with E-state index < -0.39 is 0 Å². The van der Waals surface area contributed by atoms with Crippen LogP contribution in [0.15, 0.2) is 18.2 Å². The molecule has 2 aliphatic heterocycles. The molecule has 2 atom stereocenters. The van der Waals surface area contributed by atoms with Crippen LogP contribution in [-0.2, 0) is 4.79 Å². The summed E-state index contributed by atoms with van der Waals surface area (Å²) >= 11 is 0. The van der Waals surface area contributed by atoms with Gasteiger partial charge in [-0.1, -0.05) is 11.6 Å². The Hall–Kier alpha value is -1.59. The lowest BCUT2D eigenvalue weighted by Crippen LogP contribution is -2.39. The largest absolute Gasteiger partial charge is 0.355 e. The van der Waals surface area contributed by atoms with E-state index in [9.17, 15) is 9.59 Å². The van der Waals surface area contributed by atoms with Gasteiger partial charge in [-0.25, -0.2) is 0 Å². The molecule has 0 radical (unpaired) electrons. The molecule has 5 nitrogen and oxygen atoms in total. The Morgan fingerprint density at radius 3 is 2.50 bits per heavy atom. The number of hydrogen-bond acceptors (Lipinski definition) is 3. The predicted molar refractivity (Wildman–Crippen MR) is 97.7 cm³/mol. The smallest absolute Gasteiger partial charge is 0.253 e. The second-order valence-corrected chi connectivity index (χ2v) is 6.86. The maximum Gasteiger partial charge on any atom is 0.253 e. The number of rotatable bonds is 4. The minimum Gasteiger partial charge on any atom is -0.355 e. The summed E-state index contributed by atoms with van der Waals surface area (Å²) in [5.74, 6) is 0.275. The van der Waals surface area contributed by atoms with E-state index in [2.05, 4.69) is 16.0 Å². The van der Waals surface area contributed by atoms with Crippen molar-refractivity contribution >= 4 is 29.9 Å². The zero-order valence-electron chi connectivity index (χ0n) is 14.2. The maximum absolute atomic E-state index is 12.4. The van der Waals surface area contributed by atoms with Crippen molar-refractivity contribution in [2.75, 3.05) is 12.4 Å². The monoisotopic (exact) mass is 351 g/mol. The summed E-state index contributed by atoms with van der Waals surface area (Å²) in [6.07, 6.45) is 5.18. The molecule has 2 saturated heterocycles. The number of anilines is 1. The van der Waals surface area contributed by atoms with E-state index in [0.29, 0.717) is 35.7 Å². The molecule has 3 rings (SSSR count). The first-order valence-corrected chi connectivity index (χ1v) is 8.43. The number of carbonyl (C=O) groups excluding carboxylic acids is 2. The molecule has 1 aromatic rings. The zero-order chi connectivity index (χ0) is 16.4. The van der Waals surface area contributed by atoms with E-state index in [1.807, 2.05) is 19.1 Å². The van der Waals surface area contributed by atoms with Crippen LogP contribution in [0.25, 0.3) is 0 Å². The predicted octanol–water partition coefficient (Wildman–Crippen LogP) is 2.64. The fourth-order valence-corrected chi connectivity index (χ4v) is 3.89. The van der Waals surface area contributed by atoms with Crippen LogP contribution in [-0.4, -0.2) is 30.9 Å². The Morgan fingerprint density at radius 2 is 1.88 bits per heavy atom. The Labute approximate surface area is 149 Å². The molecule has 1 aromatic carbocycles. The van der Waals surface area contributed by atoms with E-state index in [1.54, 1.807) is 13.1 Å². The van der Waals surface area contributed by atoms with Gasteiger partial charge >= 0.3 is 0 Å². The number of piperidine rings is 1. The van der Waals surface area contributed by atoms with Crippen molar-refractivity contribution in [3.8, 4) is 0 Å². The highest BCUT2D eigenvalue weighted by atomic mass is 35.5. The molecule has 6 heteroatoms. The average Bonchev–Trinajstić information content (AvgIpc) is 2.87. The number of halogens is 1. The topological polar surface area (TPSA) is 70.2 Å². The molecule has 2 aliphatic rings. The highest BCUT2D eigenvalue weighted by Gasteiger charge is 2.34. The van der Waals surface area contributed by atoms with Crippen LogP contribution < -0.4 is 16.0 Å². The molecule has 132 valence electrons. The van der Waals surface area contributed by atoms with Gasteiger partial charge < -0.3 is 16.0 Å². The van der Waals surface area contributed by atoms with E-state index >= 15 is 0 Å². The lowest BCUT2D eigenvalue weighted by molar-refractivity contribution is -0.117. The van der Waals surface area contributed by atoms with Gasteiger partial charge in [0.2, 0.25) is 5.91 Å². The third kappa shape index (κ3) is 4.28. The third-order valence-electron chi connectivity index (χ3n) is 4.97. The molecular formula is C18H26ClN3O2. The van der Waals surface area contributed by atoms with Crippen molar-refractivity contribution in [1.82, 2.24) is 10.6 Å². The number of nitrogens with one attached hydrogen (secondary N) is 3. The van der Waals surface area contributed by atoms with E-state index in [1.165, 1.54) is 12.8 Å². The molecular weight excluding hydrogens is 326 g/mol. The molecule has 24 heavy (non-hydrogen) atoms. The second-order valence-electron chi connectivity index (χ2n) is 6.86. The summed E-state index contributed by atoms with van der Waals surface area (Å²) in [6, 6.07) is 6.70. The number of benzene rings is 1. The Bertz CT molecular complexity index is 608. The summed E-state index contributed by atoms with van der Waals surface area (Å²) in [5, 5.41) is 9.15. The van der Waals surface area contributed by atoms with Crippen molar-refractivity contribution in [2.24, 2.45) is 5.92 Å². The highest BCUT2D eigenvalue weighted by molar-refractivity contribution is 6.03. The third-order valence-corrected chi connectivity index (χ3v) is 4.97. The average molecular weight is 352 g/mol. The van der Waals surface area contributed by atoms with Crippen molar-refractivity contribution in [3.63, 3.8) is 0 Å². The van der Waals surface area contributed by atoms with Crippen molar-refractivity contribution in [2.45, 2.75) is 51.1 Å². The van der Waals surface area contributed by atoms with Crippen LogP contribution >= 0.6 is 12.4 Å². The van der Waals surface area contributed by atoms with Crippen LogP contribution in [0, 0.1) is 12.8 Å². The first kappa shape index (κ1) is 18.7. The Balaban J connectivity index is 0.00000208. The van der Waals surface area contributed by atoms with Crippen molar-refractivity contribution in [1.29, 1.82) is 0 Å². The number of carbonyl (C=O) groups is 2. The standard InChI is InChI=1S/C18H25N3O2.ClH/c1-11-3-6-16(15(7-11)18(23)19-2)21-17(22)10-12-8-13-4-5-14(9-12)20-13;/h3,6-7,12-14,20H,4-5,8-10H2,1-2H3,(H,19,23)(H,21,22);1H. The molecule has 0 spiro atoms. The van der Waals surface area contributed by atoms with Gasteiger partial charge in [0.1, 0.15) is 0 Å². The fourth-order valence-electron chi connectivity index (χ4n) is 3.89. The van der Waals surface area contributed by atoms with Crippen molar-refractivity contribution < 1.29 is 9.59 Å². The SMILES string of the molecule is CNC(=O)c1cc(C)ccc1NC(=O)CC1CC2CCC(C1)N2.Cl. The summed E-state index contributed by atoms with van der Waals surface area (Å²) in [4.78, 5) is 24.4. The van der Waals surface area contributed by atoms with E-state index in [4.69, 9.17) is 0 Å². The van der Waals surface area contributed by atoms with Gasteiger partial charge in [0, 0.05) is 25.6 Å². The van der Waals surface area contributed by atoms with Gasteiger partial charge in [-0.05, 0) is 50.7 Å². The molecule has 3 N–H and O–H groups in total. The summed E-state index contributed by atoms with van der Waals surface area (Å²) in [6.45, 7) is 1.93. The first-order valence-electron chi connectivity index (χ1n) is 8.43. The molecule has 2 heterocycles. The van der Waals surface area contributed by atoms with Crippen LogP contribution in [0.1, 0.15) is 48.0 Å². The molecule has 2 bridgehead atoms. The minimum atomic E-state index is -0.177. The molecule has 0 aliphatic carbocycles. The van der Waals surface area contributed by atoms with Crippen LogP contribution in [0.5, 0.6) is 0 Å². The molecule has 2 unspecified atom stereocenters. The van der Waals surface area contributed by atoms with Gasteiger partial charge in [-0.3, -0.25) is 9.59 Å². The first-order chi connectivity index (χ1) is 11.0. The summed E-state index contributed by atoms with van der Waals surface area (Å²) in [7, 11) is 1.60. The lowest BCUT2D eigenvalue weighted by Gasteiger charge is -2.28. The Morgan fingerprint density at radius 1 is 1.21 bits per heavy atom. The molecule has 0 saturated carbocycles.